The fraction of sp³-hybridized carbons (Fsp3) is 0. The summed E-state index contributed by atoms with van der Waals surface area (Å²) in [5.41, 5.74) is 12.1. The fourth-order valence-electron chi connectivity index (χ4n) is 6.55. The zero-order valence-corrected chi connectivity index (χ0v) is 25.3. The third kappa shape index (κ3) is 4.73. The van der Waals surface area contributed by atoms with Crippen LogP contribution >= 0.6 is 0 Å². The smallest absolute Gasteiger partial charge is 0.160 e. The highest BCUT2D eigenvalue weighted by Crippen LogP contribution is 2.51. The average Bonchev–Trinajstić information content (AvgIpc) is 3.16. The molecule has 9 rings (SSSR count). The van der Waals surface area contributed by atoms with Crippen LogP contribution in [0.3, 0.4) is 0 Å². The molecule has 6 aromatic carbocycles. The van der Waals surface area contributed by atoms with Gasteiger partial charge in [0.15, 0.2) is 5.82 Å². The lowest BCUT2D eigenvalue weighted by Crippen LogP contribution is -2.16. The van der Waals surface area contributed by atoms with Crippen LogP contribution in [0.25, 0.3) is 67.1 Å². The number of aromatic nitrogens is 4. The number of nitrogens with zero attached hydrogens (tertiary/aromatic N) is 5. The Hall–Kier alpha value is -6.46. The molecular formula is C42H27N5. The summed E-state index contributed by atoms with van der Waals surface area (Å²) in [6.07, 6.45) is 3.54. The van der Waals surface area contributed by atoms with E-state index < -0.39 is 0 Å². The summed E-state index contributed by atoms with van der Waals surface area (Å²) in [4.78, 5) is 21.8. The first-order valence-electron chi connectivity index (χ1n) is 15.6. The molecule has 1 aliphatic heterocycles. The predicted octanol–water partition coefficient (Wildman–Crippen LogP) is 10.5. The minimum Gasteiger partial charge on any atom is -0.306 e. The second-order valence-electron chi connectivity index (χ2n) is 11.6. The molecule has 5 heteroatoms. The number of hydrogen-bond acceptors (Lipinski definition) is 5. The van der Waals surface area contributed by atoms with Crippen molar-refractivity contribution in [3.05, 3.63) is 164 Å². The average molecular weight is 602 g/mol. The lowest BCUT2D eigenvalue weighted by molar-refractivity contribution is 1.13. The van der Waals surface area contributed by atoms with Crippen molar-refractivity contribution in [2.24, 2.45) is 0 Å². The second kappa shape index (κ2) is 11.2. The van der Waals surface area contributed by atoms with Gasteiger partial charge in [0.05, 0.1) is 34.7 Å². The van der Waals surface area contributed by atoms with E-state index in [0.717, 1.165) is 72.7 Å². The highest BCUT2D eigenvalue weighted by atomic mass is 15.2. The van der Waals surface area contributed by atoms with E-state index in [-0.39, 0.29) is 0 Å². The SMILES string of the molecule is c1ccc(-c2cc3c4c(cccc4c2)N(c2cccc(-c4nc(-c5ccccc5)cc(-c5ccccc5)n4)c2)c2cncnc2-3)cc1. The summed E-state index contributed by atoms with van der Waals surface area (Å²) in [5, 5.41) is 2.33. The normalized spacial score (nSPS) is 11.8. The molecule has 1 aliphatic rings. The Morgan fingerprint density at radius 2 is 1.11 bits per heavy atom. The molecule has 8 aromatic rings. The molecule has 5 nitrogen and oxygen atoms in total. The quantitative estimate of drug-likeness (QED) is 0.196. The van der Waals surface area contributed by atoms with Gasteiger partial charge >= 0.3 is 0 Å². The second-order valence-corrected chi connectivity index (χ2v) is 11.6. The van der Waals surface area contributed by atoms with Crippen molar-refractivity contribution in [1.82, 2.24) is 19.9 Å². The lowest BCUT2D eigenvalue weighted by Gasteiger charge is -2.32. The maximum absolute atomic E-state index is 5.09. The third-order valence-electron chi connectivity index (χ3n) is 8.72. The number of rotatable bonds is 5. The molecule has 0 N–H and O–H groups in total. The predicted molar refractivity (Wildman–Crippen MR) is 191 cm³/mol. The van der Waals surface area contributed by atoms with Crippen molar-refractivity contribution in [3.8, 4) is 56.3 Å². The lowest BCUT2D eigenvalue weighted by atomic mass is 9.90. The van der Waals surface area contributed by atoms with Crippen molar-refractivity contribution < 1.29 is 0 Å². The summed E-state index contributed by atoms with van der Waals surface area (Å²) in [6.45, 7) is 0. The van der Waals surface area contributed by atoms with Crippen LogP contribution in [0.5, 0.6) is 0 Å². The van der Waals surface area contributed by atoms with Crippen molar-refractivity contribution in [1.29, 1.82) is 0 Å². The van der Waals surface area contributed by atoms with Crippen LogP contribution in [-0.4, -0.2) is 19.9 Å². The van der Waals surface area contributed by atoms with Crippen molar-refractivity contribution in [2.75, 3.05) is 4.90 Å². The molecule has 0 saturated heterocycles. The zero-order chi connectivity index (χ0) is 31.2. The Bertz CT molecular complexity index is 2350. The summed E-state index contributed by atoms with van der Waals surface area (Å²) < 4.78 is 0. The largest absolute Gasteiger partial charge is 0.306 e. The zero-order valence-electron chi connectivity index (χ0n) is 25.3. The van der Waals surface area contributed by atoms with Crippen LogP contribution in [-0.2, 0) is 0 Å². The summed E-state index contributed by atoms with van der Waals surface area (Å²) in [6, 6.07) is 52.6. The van der Waals surface area contributed by atoms with Crippen molar-refractivity contribution in [3.63, 3.8) is 0 Å². The van der Waals surface area contributed by atoms with Gasteiger partial charge in [0.25, 0.3) is 0 Å². The number of fused-ring (bicyclic) bond motifs is 2. The van der Waals surface area contributed by atoms with Gasteiger partial charge in [-0.1, -0.05) is 115 Å². The van der Waals surface area contributed by atoms with Gasteiger partial charge in [-0.3, -0.25) is 0 Å². The summed E-state index contributed by atoms with van der Waals surface area (Å²) in [5.74, 6) is 0.666. The topological polar surface area (TPSA) is 54.8 Å². The van der Waals surface area contributed by atoms with Crippen LogP contribution in [0.4, 0.5) is 17.1 Å². The van der Waals surface area contributed by atoms with E-state index in [1.165, 1.54) is 5.56 Å². The van der Waals surface area contributed by atoms with Gasteiger partial charge in [-0.25, -0.2) is 19.9 Å². The van der Waals surface area contributed by atoms with E-state index >= 15 is 0 Å². The molecular weight excluding hydrogens is 574 g/mol. The third-order valence-corrected chi connectivity index (χ3v) is 8.72. The number of anilines is 3. The van der Waals surface area contributed by atoms with E-state index in [2.05, 4.69) is 119 Å². The van der Waals surface area contributed by atoms with Crippen molar-refractivity contribution >= 4 is 27.8 Å². The first-order valence-corrected chi connectivity index (χ1v) is 15.6. The van der Waals surface area contributed by atoms with Gasteiger partial charge in [-0.15, -0.1) is 0 Å². The van der Waals surface area contributed by atoms with E-state index in [1.807, 2.05) is 48.7 Å². The monoisotopic (exact) mass is 601 g/mol. The molecule has 220 valence electrons. The molecule has 0 saturated carbocycles. The number of benzene rings is 6. The molecule has 3 heterocycles. The van der Waals surface area contributed by atoms with Gasteiger partial charge in [-0.05, 0) is 52.9 Å². The van der Waals surface area contributed by atoms with Crippen LogP contribution in [0.2, 0.25) is 0 Å². The highest BCUT2D eigenvalue weighted by Gasteiger charge is 2.28. The van der Waals surface area contributed by atoms with Gasteiger partial charge in [0.2, 0.25) is 0 Å². The van der Waals surface area contributed by atoms with Gasteiger partial charge in [0, 0.05) is 33.3 Å². The molecule has 0 fully saturated rings. The maximum atomic E-state index is 5.09. The first-order chi connectivity index (χ1) is 23.3. The maximum Gasteiger partial charge on any atom is 0.160 e. The fourth-order valence-corrected chi connectivity index (χ4v) is 6.55. The molecule has 0 unspecified atom stereocenters. The van der Waals surface area contributed by atoms with E-state index in [0.29, 0.717) is 5.82 Å². The van der Waals surface area contributed by atoms with Crippen LogP contribution in [0, 0.1) is 0 Å². The van der Waals surface area contributed by atoms with Crippen LogP contribution in [0.15, 0.2) is 164 Å². The summed E-state index contributed by atoms with van der Waals surface area (Å²) >= 11 is 0. The Morgan fingerprint density at radius 3 is 1.81 bits per heavy atom. The Balaban J connectivity index is 1.22. The highest BCUT2D eigenvalue weighted by molar-refractivity contribution is 6.14. The molecule has 0 atom stereocenters. The van der Waals surface area contributed by atoms with Gasteiger partial charge in [-0.2, -0.15) is 0 Å². The summed E-state index contributed by atoms with van der Waals surface area (Å²) in [7, 11) is 0. The molecule has 2 aromatic heterocycles. The molecule has 0 radical (unpaired) electrons. The molecule has 0 bridgehead atoms. The number of hydrogen-bond donors (Lipinski definition) is 0. The van der Waals surface area contributed by atoms with Crippen LogP contribution in [0.1, 0.15) is 0 Å². The Labute approximate surface area is 272 Å². The molecule has 47 heavy (non-hydrogen) atoms. The van der Waals surface area contributed by atoms with Gasteiger partial charge < -0.3 is 4.90 Å². The minimum absolute atomic E-state index is 0.666. The van der Waals surface area contributed by atoms with Gasteiger partial charge in [0.1, 0.15) is 6.33 Å². The van der Waals surface area contributed by atoms with Crippen LogP contribution < -0.4 is 4.90 Å². The van der Waals surface area contributed by atoms with E-state index in [9.17, 15) is 0 Å². The van der Waals surface area contributed by atoms with E-state index in [1.54, 1.807) is 6.33 Å². The molecule has 0 aliphatic carbocycles. The van der Waals surface area contributed by atoms with E-state index in [4.69, 9.17) is 15.0 Å². The first kappa shape index (κ1) is 26.9. The molecule has 0 amide bonds. The van der Waals surface area contributed by atoms with Crippen molar-refractivity contribution in [2.45, 2.75) is 0 Å². The molecule has 0 spiro atoms. The standard InChI is InChI=1S/C42H27N5/c1-4-12-28(13-5-1)33-22-31-18-11-21-38-40(31)35(24-33)41-39(26-43-27-44-41)47(38)34-20-10-19-32(23-34)42-45-36(29-14-6-2-7-15-29)25-37(46-42)30-16-8-3-9-17-30/h1-27H. The Kier molecular flexibility index (Phi) is 6.39. The minimum atomic E-state index is 0.666. The Morgan fingerprint density at radius 1 is 0.468 bits per heavy atom.